The molecule has 2 amide bonds. The van der Waals surface area contributed by atoms with E-state index in [-0.39, 0.29) is 12.1 Å². The average Bonchev–Trinajstić information content (AvgIpc) is 2.70. The molecule has 0 aromatic rings. The molecule has 0 aromatic carbocycles. The molecule has 5 heteroatoms. The summed E-state index contributed by atoms with van der Waals surface area (Å²) in [6.45, 7) is 6.57. The van der Waals surface area contributed by atoms with Crippen LogP contribution in [0.15, 0.2) is 0 Å². The minimum atomic E-state index is -0.824. The Morgan fingerprint density at radius 1 is 1.41 bits per heavy atom. The van der Waals surface area contributed by atoms with Crippen LogP contribution in [-0.4, -0.2) is 41.1 Å². The van der Waals surface area contributed by atoms with E-state index in [0.29, 0.717) is 19.5 Å². The van der Waals surface area contributed by atoms with E-state index in [2.05, 4.69) is 5.32 Å². The molecule has 0 radical (unpaired) electrons. The molecule has 1 fully saturated rings. The number of carboxylic acids is 1. The summed E-state index contributed by atoms with van der Waals surface area (Å²) in [6.07, 6.45) is 2.32. The molecule has 0 saturated carbocycles. The van der Waals surface area contributed by atoms with E-state index in [1.165, 1.54) is 0 Å². The Labute approximate surface area is 102 Å². The maximum atomic E-state index is 11.9. The number of carbonyl (C=O) groups is 2. The van der Waals surface area contributed by atoms with Gasteiger partial charge in [-0.1, -0.05) is 13.8 Å². The second-order valence-corrected chi connectivity index (χ2v) is 5.00. The van der Waals surface area contributed by atoms with Crippen molar-refractivity contribution in [3.8, 4) is 0 Å². The molecule has 5 nitrogen and oxygen atoms in total. The SMILES string of the molecule is CCC(CC)NC(=O)N1CCC(C)(C(=O)O)C1. The van der Waals surface area contributed by atoms with Gasteiger partial charge < -0.3 is 15.3 Å². The number of amides is 2. The van der Waals surface area contributed by atoms with Crippen molar-refractivity contribution in [2.75, 3.05) is 13.1 Å². The second-order valence-electron chi connectivity index (χ2n) is 5.00. The summed E-state index contributed by atoms with van der Waals surface area (Å²) in [6, 6.07) is 0.0443. The molecule has 1 atom stereocenters. The quantitative estimate of drug-likeness (QED) is 0.788. The molecule has 1 saturated heterocycles. The molecule has 1 unspecified atom stereocenters. The standard InChI is InChI=1S/C12H22N2O3/c1-4-9(5-2)13-11(17)14-7-6-12(3,8-14)10(15)16/h9H,4-8H2,1-3H3,(H,13,17)(H,15,16). The first-order valence-electron chi connectivity index (χ1n) is 6.21. The number of hydrogen-bond acceptors (Lipinski definition) is 2. The topological polar surface area (TPSA) is 69.6 Å². The molecule has 98 valence electrons. The molecule has 0 bridgehead atoms. The van der Waals surface area contributed by atoms with Crippen molar-refractivity contribution in [2.45, 2.75) is 46.1 Å². The highest BCUT2D eigenvalue weighted by Gasteiger charge is 2.42. The van der Waals surface area contributed by atoms with E-state index in [4.69, 9.17) is 5.11 Å². The highest BCUT2D eigenvalue weighted by atomic mass is 16.4. The molecule has 1 rings (SSSR count). The Morgan fingerprint density at radius 2 is 2.00 bits per heavy atom. The number of rotatable bonds is 4. The largest absolute Gasteiger partial charge is 0.481 e. The van der Waals surface area contributed by atoms with Crippen molar-refractivity contribution >= 4 is 12.0 Å². The molecular weight excluding hydrogens is 220 g/mol. The minimum Gasteiger partial charge on any atom is -0.481 e. The van der Waals surface area contributed by atoms with Gasteiger partial charge >= 0.3 is 12.0 Å². The molecule has 17 heavy (non-hydrogen) atoms. The lowest BCUT2D eigenvalue weighted by atomic mass is 9.90. The van der Waals surface area contributed by atoms with Crippen molar-refractivity contribution < 1.29 is 14.7 Å². The van der Waals surface area contributed by atoms with Gasteiger partial charge in [-0.15, -0.1) is 0 Å². The van der Waals surface area contributed by atoms with Gasteiger partial charge in [0.25, 0.3) is 0 Å². The monoisotopic (exact) mass is 242 g/mol. The predicted octanol–water partition coefficient (Wildman–Crippen LogP) is 1.68. The van der Waals surface area contributed by atoms with E-state index in [0.717, 1.165) is 12.8 Å². The summed E-state index contributed by atoms with van der Waals surface area (Å²) in [5.74, 6) is -0.824. The Bertz CT molecular complexity index is 302. The van der Waals surface area contributed by atoms with Crippen LogP contribution in [-0.2, 0) is 4.79 Å². The fourth-order valence-corrected chi connectivity index (χ4v) is 2.07. The van der Waals surface area contributed by atoms with Crippen LogP contribution in [0, 0.1) is 5.41 Å². The van der Waals surface area contributed by atoms with E-state index in [9.17, 15) is 9.59 Å². The van der Waals surface area contributed by atoms with Crippen LogP contribution in [0.3, 0.4) is 0 Å². The Morgan fingerprint density at radius 3 is 2.41 bits per heavy atom. The lowest BCUT2D eigenvalue weighted by molar-refractivity contribution is -0.146. The van der Waals surface area contributed by atoms with Crippen LogP contribution in [0.2, 0.25) is 0 Å². The zero-order chi connectivity index (χ0) is 13.1. The third kappa shape index (κ3) is 3.11. The third-order valence-electron chi connectivity index (χ3n) is 3.59. The predicted molar refractivity (Wildman–Crippen MR) is 64.8 cm³/mol. The van der Waals surface area contributed by atoms with Crippen LogP contribution >= 0.6 is 0 Å². The highest BCUT2D eigenvalue weighted by Crippen LogP contribution is 2.30. The van der Waals surface area contributed by atoms with Crippen LogP contribution < -0.4 is 5.32 Å². The normalized spacial score (nSPS) is 24.1. The Kier molecular flexibility index (Phi) is 4.37. The zero-order valence-corrected chi connectivity index (χ0v) is 10.8. The highest BCUT2D eigenvalue weighted by molar-refractivity contribution is 5.79. The summed E-state index contributed by atoms with van der Waals surface area (Å²) in [7, 11) is 0. The zero-order valence-electron chi connectivity index (χ0n) is 10.8. The first-order chi connectivity index (χ1) is 7.92. The number of nitrogens with zero attached hydrogens (tertiary/aromatic N) is 1. The van der Waals surface area contributed by atoms with E-state index >= 15 is 0 Å². The van der Waals surface area contributed by atoms with Crippen molar-refractivity contribution in [3.63, 3.8) is 0 Å². The van der Waals surface area contributed by atoms with E-state index in [1.807, 2.05) is 13.8 Å². The molecule has 1 heterocycles. The fraction of sp³-hybridized carbons (Fsp3) is 0.833. The first-order valence-corrected chi connectivity index (χ1v) is 6.21. The summed E-state index contributed by atoms with van der Waals surface area (Å²) >= 11 is 0. The van der Waals surface area contributed by atoms with Crippen molar-refractivity contribution in [1.82, 2.24) is 10.2 Å². The number of nitrogens with one attached hydrogen (secondary N) is 1. The number of aliphatic carboxylic acids is 1. The van der Waals surface area contributed by atoms with Gasteiger partial charge in [0.2, 0.25) is 0 Å². The molecule has 0 aromatic heterocycles. The third-order valence-corrected chi connectivity index (χ3v) is 3.59. The van der Waals surface area contributed by atoms with Gasteiger partial charge in [0.15, 0.2) is 0 Å². The molecule has 0 spiro atoms. The first kappa shape index (κ1) is 13.8. The molecule has 2 N–H and O–H groups in total. The van der Waals surface area contributed by atoms with Gasteiger partial charge in [-0.05, 0) is 26.2 Å². The van der Waals surface area contributed by atoms with E-state index in [1.54, 1.807) is 11.8 Å². The fourth-order valence-electron chi connectivity index (χ4n) is 2.07. The maximum Gasteiger partial charge on any atom is 0.317 e. The number of urea groups is 1. The lowest BCUT2D eigenvalue weighted by Crippen LogP contribution is -2.44. The van der Waals surface area contributed by atoms with Crippen molar-refractivity contribution in [1.29, 1.82) is 0 Å². The summed E-state index contributed by atoms with van der Waals surface area (Å²) in [4.78, 5) is 24.6. The molecule has 0 aliphatic carbocycles. The summed E-state index contributed by atoms with van der Waals surface area (Å²) in [5.41, 5.74) is -0.786. The molecule has 1 aliphatic heterocycles. The summed E-state index contributed by atoms with van der Waals surface area (Å²) in [5, 5.41) is 12.0. The van der Waals surface area contributed by atoms with Crippen LogP contribution in [0.1, 0.15) is 40.0 Å². The van der Waals surface area contributed by atoms with Gasteiger partial charge in [0.05, 0.1) is 5.41 Å². The number of carbonyl (C=O) groups excluding carboxylic acids is 1. The van der Waals surface area contributed by atoms with Crippen LogP contribution in [0.5, 0.6) is 0 Å². The number of hydrogen-bond donors (Lipinski definition) is 2. The van der Waals surface area contributed by atoms with Gasteiger partial charge in [0, 0.05) is 19.1 Å². The minimum absolute atomic E-state index is 0.135. The van der Waals surface area contributed by atoms with Gasteiger partial charge in [0.1, 0.15) is 0 Å². The molecular formula is C12H22N2O3. The van der Waals surface area contributed by atoms with Gasteiger partial charge in [-0.3, -0.25) is 4.79 Å². The average molecular weight is 242 g/mol. The van der Waals surface area contributed by atoms with Crippen LogP contribution in [0.25, 0.3) is 0 Å². The lowest BCUT2D eigenvalue weighted by Gasteiger charge is -2.23. The number of carboxylic acid groups (broad SMARTS) is 1. The maximum absolute atomic E-state index is 11.9. The smallest absolute Gasteiger partial charge is 0.317 e. The van der Waals surface area contributed by atoms with Crippen molar-refractivity contribution in [3.05, 3.63) is 0 Å². The van der Waals surface area contributed by atoms with E-state index < -0.39 is 11.4 Å². The van der Waals surface area contributed by atoms with Crippen LogP contribution in [0.4, 0.5) is 4.79 Å². The molecule has 1 aliphatic rings. The Balaban J connectivity index is 2.54. The van der Waals surface area contributed by atoms with Crippen molar-refractivity contribution in [2.24, 2.45) is 5.41 Å². The second kappa shape index (κ2) is 5.38. The van der Waals surface area contributed by atoms with Gasteiger partial charge in [-0.25, -0.2) is 4.79 Å². The Hall–Kier alpha value is -1.26. The number of likely N-dealkylation sites (tertiary alicyclic amines) is 1. The van der Waals surface area contributed by atoms with Gasteiger partial charge in [-0.2, -0.15) is 0 Å². The summed E-state index contributed by atoms with van der Waals surface area (Å²) < 4.78 is 0.